The Kier molecular flexibility index (Phi) is 5.32. The van der Waals surface area contributed by atoms with Crippen LogP contribution in [0.2, 0.25) is 0 Å². The molecular formula is C11H23N3O3. The first kappa shape index (κ1) is 14.4. The van der Waals surface area contributed by atoms with Gasteiger partial charge in [-0.05, 0) is 13.8 Å². The maximum atomic E-state index is 12.1. The minimum Gasteiger partial charge on any atom is -0.394 e. The van der Waals surface area contributed by atoms with Crippen molar-refractivity contribution in [3.05, 3.63) is 0 Å². The molecule has 1 aliphatic heterocycles. The molecule has 0 aromatic rings. The van der Waals surface area contributed by atoms with Crippen LogP contribution in [0.25, 0.3) is 0 Å². The highest BCUT2D eigenvalue weighted by Crippen LogP contribution is 2.15. The second kappa shape index (κ2) is 6.30. The fourth-order valence-electron chi connectivity index (χ4n) is 1.88. The highest BCUT2D eigenvalue weighted by atomic mass is 16.3. The van der Waals surface area contributed by atoms with E-state index in [0.29, 0.717) is 0 Å². The van der Waals surface area contributed by atoms with Crippen molar-refractivity contribution in [3.8, 4) is 0 Å². The molecule has 0 atom stereocenters. The number of hydrogen-bond donors (Lipinski definition) is 4. The predicted molar refractivity (Wildman–Crippen MR) is 64.6 cm³/mol. The largest absolute Gasteiger partial charge is 0.394 e. The molecule has 0 radical (unpaired) electrons. The minimum absolute atomic E-state index is 0.160. The number of nitrogens with one attached hydrogen (secondary N) is 2. The fourth-order valence-corrected chi connectivity index (χ4v) is 1.88. The molecule has 1 saturated heterocycles. The first-order valence-electron chi connectivity index (χ1n) is 6.00. The van der Waals surface area contributed by atoms with E-state index < -0.39 is 11.6 Å². The first-order chi connectivity index (χ1) is 8.02. The summed E-state index contributed by atoms with van der Waals surface area (Å²) in [5.74, 6) is -0.160. The van der Waals surface area contributed by atoms with Crippen molar-refractivity contribution in [2.45, 2.75) is 25.4 Å². The number of nitrogens with zero attached hydrogens (tertiary/aromatic N) is 1. The van der Waals surface area contributed by atoms with Gasteiger partial charge in [0.05, 0.1) is 24.8 Å². The minimum atomic E-state index is -0.620. The average molecular weight is 245 g/mol. The van der Waals surface area contributed by atoms with Gasteiger partial charge in [-0.2, -0.15) is 0 Å². The lowest BCUT2D eigenvalue weighted by Crippen LogP contribution is -2.61. The van der Waals surface area contributed by atoms with E-state index in [1.54, 1.807) is 0 Å². The van der Waals surface area contributed by atoms with E-state index in [1.165, 1.54) is 0 Å². The van der Waals surface area contributed by atoms with E-state index in [4.69, 9.17) is 10.2 Å². The van der Waals surface area contributed by atoms with Crippen LogP contribution in [0.5, 0.6) is 0 Å². The quantitative estimate of drug-likeness (QED) is 0.456. The van der Waals surface area contributed by atoms with Gasteiger partial charge >= 0.3 is 0 Å². The molecule has 1 amide bonds. The Balaban J connectivity index is 2.58. The van der Waals surface area contributed by atoms with Crippen molar-refractivity contribution in [1.29, 1.82) is 0 Å². The number of carbonyl (C=O) groups excluding carboxylic acids is 1. The van der Waals surface area contributed by atoms with Crippen molar-refractivity contribution in [2.75, 3.05) is 39.4 Å². The van der Waals surface area contributed by atoms with Gasteiger partial charge in [-0.3, -0.25) is 9.69 Å². The molecule has 6 nitrogen and oxygen atoms in total. The Bertz CT molecular complexity index is 248. The molecule has 0 spiro atoms. The van der Waals surface area contributed by atoms with Gasteiger partial charge in [0.15, 0.2) is 0 Å². The molecule has 100 valence electrons. The molecule has 6 heteroatoms. The van der Waals surface area contributed by atoms with E-state index in [2.05, 4.69) is 15.5 Å². The molecule has 1 heterocycles. The average Bonchev–Trinajstić information content (AvgIpc) is 2.36. The van der Waals surface area contributed by atoms with Gasteiger partial charge in [-0.15, -0.1) is 0 Å². The van der Waals surface area contributed by atoms with Gasteiger partial charge in [0.1, 0.15) is 0 Å². The fraction of sp³-hybridized carbons (Fsp3) is 0.909. The molecular weight excluding hydrogens is 222 g/mol. The number of carbonyl (C=O) groups is 1. The van der Waals surface area contributed by atoms with Gasteiger partial charge in [0.2, 0.25) is 5.91 Å². The van der Waals surface area contributed by atoms with E-state index in [9.17, 15) is 4.79 Å². The molecule has 0 saturated carbocycles. The molecule has 0 aliphatic carbocycles. The van der Waals surface area contributed by atoms with E-state index in [1.807, 2.05) is 13.8 Å². The summed E-state index contributed by atoms with van der Waals surface area (Å²) in [4.78, 5) is 14.2. The standard InChI is InChI=1S/C11H23N3O3/c1-11(2,14-5-3-12-4-6-14)10(17)13-9(7-15)8-16/h9,12,15-16H,3-8H2,1-2H3,(H,13,17). The van der Waals surface area contributed by atoms with Crippen molar-refractivity contribution < 1.29 is 15.0 Å². The summed E-state index contributed by atoms with van der Waals surface area (Å²) in [5, 5.41) is 23.8. The van der Waals surface area contributed by atoms with Crippen LogP contribution in [0.1, 0.15) is 13.8 Å². The highest BCUT2D eigenvalue weighted by molar-refractivity contribution is 5.85. The topological polar surface area (TPSA) is 84.8 Å². The summed E-state index contributed by atoms with van der Waals surface area (Å²) < 4.78 is 0. The third kappa shape index (κ3) is 3.64. The van der Waals surface area contributed by atoms with Gasteiger partial charge < -0.3 is 20.8 Å². The Morgan fingerprint density at radius 1 is 1.35 bits per heavy atom. The SMILES string of the molecule is CC(C)(C(=O)NC(CO)CO)N1CCNCC1. The lowest BCUT2D eigenvalue weighted by atomic mass is 10.00. The Hall–Kier alpha value is -0.690. The second-order valence-corrected chi connectivity index (χ2v) is 4.83. The summed E-state index contributed by atoms with van der Waals surface area (Å²) in [5.41, 5.74) is -0.620. The van der Waals surface area contributed by atoms with Crippen molar-refractivity contribution >= 4 is 5.91 Å². The number of amides is 1. The maximum absolute atomic E-state index is 12.1. The second-order valence-electron chi connectivity index (χ2n) is 4.83. The lowest BCUT2D eigenvalue weighted by Gasteiger charge is -2.40. The zero-order valence-electron chi connectivity index (χ0n) is 10.6. The molecule has 4 N–H and O–H groups in total. The van der Waals surface area contributed by atoms with Crippen molar-refractivity contribution in [3.63, 3.8) is 0 Å². The van der Waals surface area contributed by atoms with Crippen molar-refractivity contribution in [1.82, 2.24) is 15.5 Å². The monoisotopic (exact) mass is 245 g/mol. The third-order valence-corrected chi connectivity index (χ3v) is 3.24. The van der Waals surface area contributed by atoms with Gasteiger partial charge in [-0.25, -0.2) is 0 Å². The number of aliphatic hydroxyl groups excluding tert-OH is 2. The normalized spacial score (nSPS) is 18.4. The highest BCUT2D eigenvalue weighted by Gasteiger charge is 2.35. The molecule has 1 fully saturated rings. The van der Waals surface area contributed by atoms with Gasteiger partial charge in [-0.1, -0.05) is 0 Å². The third-order valence-electron chi connectivity index (χ3n) is 3.24. The van der Waals surface area contributed by atoms with E-state index in [-0.39, 0.29) is 19.1 Å². The van der Waals surface area contributed by atoms with Crippen LogP contribution in [-0.2, 0) is 4.79 Å². The summed E-state index contributed by atoms with van der Waals surface area (Å²) in [7, 11) is 0. The van der Waals surface area contributed by atoms with Crippen LogP contribution >= 0.6 is 0 Å². The van der Waals surface area contributed by atoms with Crippen molar-refractivity contribution in [2.24, 2.45) is 0 Å². The Morgan fingerprint density at radius 2 is 1.88 bits per heavy atom. The summed E-state index contributed by atoms with van der Waals surface area (Å²) in [6.45, 7) is 6.62. The summed E-state index contributed by atoms with van der Waals surface area (Å²) >= 11 is 0. The maximum Gasteiger partial charge on any atom is 0.240 e. The molecule has 0 unspecified atom stereocenters. The zero-order valence-corrected chi connectivity index (χ0v) is 10.6. The van der Waals surface area contributed by atoms with E-state index >= 15 is 0 Å². The number of rotatable bonds is 5. The lowest BCUT2D eigenvalue weighted by molar-refractivity contribution is -0.133. The van der Waals surface area contributed by atoms with Gasteiger partial charge in [0, 0.05) is 26.2 Å². The zero-order chi connectivity index (χ0) is 12.9. The van der Waals surface area contributed by atoms with Crippen LogP contribution in [0.15, 0.2) is 0 Å². The number of aliphatic hydroxyl groups is 2. The number of hydrogen-bond acceptors (Lipinski definition) is 5. The molecule has 1 aliphatic rings. The first-order valence-corrected chi connectivity index (χ1v) is 6.00. The smallest absolute Gasteiger partial charge is 0.240 e. The van der Waals surface area contributed by atoms with Crippen LogP contribution in [0.3, 0.4) is 0 Å². The molecule has 17 heavy (non-hydrogen) atoms. The summed E-state index contributed by atoms with van der Waals surface area (Å²) in [6, 6.07) is -0.579. The molecule has 0 bridgehead atoms. The predicted octanol–water partition coefficient (Wildman–Crippen LogP) is -1.86. The van der Waals surface area contributed by atoms with Gasteiger partial charge in [0.25, 0.3) is 0 Å². The molecule has 0 aromatic carbocycles. The van der Waals surface area contributed by atoms with E-state index in [0.717, 1.165) is 26.2 Å². The molecule has 0 aromatic heterocycles. The number of piperazine rings is 1. The van der Waals surface area contributed by atoms with Crippen LogP contribution < -0.4 is 10.6 Å². The molecule has 1 rings (SSSR count). The van der Waals surface area contributed by atoms with Crippen LogP contribution in [0, 0.1) is 0 Å². The van der Waals surface area contributed by atoms with Crippen LogP contribution in [-0.4, -0.2) is 72.0 Å². The Morgan fingerprint density at radius 3 is 2.35 bits per heavy atom. The Labute approximate surface area is 102 Å². The summed E-state index contributed by atoms with van der Waals surface area (Å²) in [6.07, 6.45) is 0. The van der Waals surface area contributed by atoms with Crippen LogP contribution in [0.4, 0.5) is 0 Å².